The smallest absolute Gasteiger partial charge is 0.322 e. The number of aromatic nitrogens is 3. The molecule has 0 aliphatic rings. The van der Waals surface area contributed by atoms with E-state index in [1.165, 1.54) is 18.3 Å². The van der Waals surface area contributed by atoms with Crippen molar-refractivity contribution in [3.63, 3.8) is 0 Å². The molecule has 0 atom stereocenters. The number of hydrogen-bond acceptors (Lipinski definition) is 7. The second-order valence-corrected chi connectivity index (χ2v) is 3.93. The topological polar surface area (TPSA) is 118 Å². The summed E-state index contributed by atoms with van der Waals surface area (Å²) in [6.07, 6.45) is 1.44. The van der Waals surface area contributed by atoms with Crippen molar-refractivity contribution in [2.75, 3.05) is 5.32 Å². The van der Waals surface area contributed by atoms with Crippen LogP contribution in [0.4, 0.5) is 6.01 Å². The van der Waals surface area contributed by atoms with Crippen LogP contribution in [-0.4, -0.2) is 21.3 Å². The van der Waals surface area contributed by atoms with Crippen molar-refractivity contribution in [3.05, 3.63) is 47.7 Å². The number of nitrogens with zero attached hydrogens (tertiary/aromatic N) is 4. The highest BCUT2D eigenvalue weighted by molar-refractivity contribution is 6.03. The van der Waals surface area contributed by atoms with Gasteiger partial charge in [0.2, 0.25) is 5.76 Å². The lowest BCUT2D eigenvalue weighted by atomic mass is 10.1. The second kappa shape index (κ2) is 5.26. The highest BCUT2D eigenvalue weighted by Gasteiger charge is 2.14. The molecule has 0 unspecified atom stereocenters. The van der Waals surface area contributed by atoms with Crippen LogP contribution in [0.3, 0.4) is 0 Å². The van der Waals surface area contributed by atoms with Gasteiger partial charge in [-0.3, -0.25) is 10.1 Å². The first-order valence-electron chi connectivity index (χ1n) is 5.82. The summed E-state index contributed by atoms with van der Waals surface area (Å²) in [5.74, 6) is -0.00346. The van der Waals surface area contributed by atoms with E-state index in [1.807, 2.05) is 6.07 Å². The van der Waals surface area contributed by atoms with Gasteiger partial charge < -0.3 is 8.94 Å². The van der Waals surface area contributed by atoms with Gasteiger partial charge in [-0.15, -0.1) is 5.10 Å². The average Bonchev–Trinajstić information content (AvgIpc) is 3.18. The van der Waals surface area contributed by atoms with Crippen LogP contribution in [0.5, 0.6) is 0 Å². The van der Waals surface area contributed by atoms with Gasteiger partial charge in [-0.05, 0) is 24.3 Å². The van der Waals surface area contributed by atoms with E-state index < -0.39 is 5.91 Å². The van der Waals surface area contributed by atoms with Crippen LogP contribution in [0.1, 0.15) is 15.9 Å². The van der Waals surface area contributed by atoms with Gasteiger partial charge in [0.1, 0.15) is 0 Å². The van der Waals surface area contributed by atoms with Crippen molar-refractivity contribution in [1.29, 1.82) is 5.26 Å². The molecule has 2 heterocycles. The second-order valence-electron chi connectivity index (χ2n) is 3.93. The fraction of sp³-hybridized carbons (Fsp3) is 0. The Morgan fingerprint density at radius 2 is 2.00 bits per heavy atom. The number of benzene rings is 1. The van der Waals surface area contributed by atoms with E-state index in [4.69, 9.17) is 14.2 Å². The van der Waals surface area contributed by atoms with Gasteiger partial charge in [-0.25, -0.2) is 0 Å². The van der Waals surface area contributed by atoms with Gasteiger partial charge in [0, 0.05) is 11.6 Å². The van der Waals surface area contributed by atoms with E-state index in [0.717, 1.165) is 0 Å². The maximum absolute atomic E-state index is 12.0. The summed E-state index contributed by atoms with van der Waals surface area (Å²) in [5, 5.41) is 22.1. The van der Waals surface area contributed by atoms with Gasteiger partial charge in [0.05, 0.1) is 17.8 Å². The van der Waals surface area contributed by atoms with Gasteiger partial charge >= 0.3 is 6.01 Å². The zero-order valence-corrected chi connectivity index (χ0v) is 10.5. The Kier molecular flexibility index (Phi) is 3.15. The lowest BCUT2D eigenvalue weighted by molar-refractivity contribution is 0.102. The van der Waals surface area contributed by atoms with E-state index >= 15 is 0 Å². The highest BCUT2D eigenvalue weighted by atomic mass is 16.5. The highest BCUT2D eigenvalue weighted by Crippen LogP contribution is 2.19. The molecular weight excluding hydrogens is 274 g/mol. The third kappa shape index (κ3) is 2.62. The Morgan fingerprint density at radius 3 is 2.67 bits per heavy atom. The molecule has 1 amide bonds. The maximum atomic E-state index is 12.0. The van der Waals surface area contributed by atoms with Crippen LogP contribution in [0, 0.1) is 11.3 Å². The van der Waals surface area contributed by atoms with E-state index in [0.29, 0.717) is 16.9 Å². The predicted octanol–water partition coefficient (Wildman–Crippen LogP) is 1.85. The van der Waals surface area contributed by atoms with E-state index in [2.05, 4.69) is 20.7 Å². The number of hydrogen-bond donors (Lipinski definition) is 1. The van der Waals surface area contributed by atoms with Crippen molar-refractivity contribution < 1.29 is 13.7 Å². The summed E-state index contributed by atoms with van der Waals surface area (Å²) in [6, 6.07) is 9.62. The molecule has 0 radical (unpaired) electrons. The van der Waals surface area contributed by atoms with Crippen molar-refractivity contribution >= 4 is 11.9 Å². The van der Waals surface area contributed by atoms with Crippen LogP contribution >= 0.6 is 0 Å². The monoisotopic (exact) mass is 281 g/mol. The fourth-order valence-corrected chi connectivity index (χ4v) is 1.56. The number of amides is 1. The molecule has 2 aromatic heterocycles. The summed E-state index contributed by atoms with van der Waals surface area (Å²) >= 11 is 0. The molecule has 0 spiro atoms. The fourth-order valence-electron chi connectivity index (χ4n) is 1.56. The molecule has 102 valence electrons. The van der Waals surface area contributed by atoms with Crippen LogP contribution in [-0.2, 0) is 0 Å². The van der Waals surface area contributed by atoms with E-state index in [9.17, 15) is 4.79 Å². The molecule has 3 rings (SSSR count). The Balaban J connectivity index is 1.74. The minimum atomic E-state index is -0.424. The predicted molar refractivity (Wildman–Crippen MR) is 68.9 cm³/mol. The molecule has 8 heteroatoms. The molecule has 1 aromatic carbocycles. The minimum absolute atomic E-state index is 0.0595. The van der Waals surface area contributed by atoms with Crippen molar-refractivity contribution in [1.82, 2.24) is 15.4 Å². The Hall–Kier alpha value is -3.47. The molecule has 1 N–H and O–H groups in total. The zero-order chi connectivity index (χ0) is 14.7. The first kappa shape index (κ1) is 12.6. The largest absolute Gasteiger partial charge is 0.400 e. The van der Waals surface area contributed by atoms with Crippen LogP contribution in [0.2, 0.25) is 0 Å². The number of anilines is 1. The first-order chi connectivity index (χ1) is 10.3. The van der Waals surface area contributed by atoms with Gasteiger partial charge in [-0.2, -0.15) is 5.26 Å². The van der Waals surface area contributed by atoms with Gasteiger partial charge in [-0.1, -0.05) is 10.3 Å². The molecule has 0 fully saturated rings. The van der Waals surface area contributed by atoms with E-state index in [1.54, 1.807) is 18.2 Å². The lowest BCUT2D eigenvalue weighted by Crippen LogP contribution is -2.11. The summed E-state index contributed by atoms with van der Waals surface area (Å²) in [6.45, 7) is 0. The molecule has 0 saturated heterocycles. The molecule has 3 aromatic rings. The SMILES string of the molecule is N#Cc1ccc(C(=O)Nc2nnc(-c3ccno3)o2)cc1. The Labute approximate surface area is 118 Å². The number of carbonyl (C=O) groups is 1. The van der Waals surface area contributed by atoms with Gasteiger partial charge in [0.25, 0.3) is 11.8 Å². The normalized spacial score (nSPS) is 10.0. The van der Waals surface area contributed by atoms with Crippen LogP contribution in [0.25, 0.3) is 11.7 Å². The van der Waals surface area contributed by atoms with Crippen LogP contribution in [0.15, 0.2) is 45.5 Å². The maximum Gasteiger partial charge on any atom is 0.322 e. The quantitative estimate of drug-likeness (QED) is 0.778. The standard InChI is InChI=1S/C13H7N5O3/c14-7-8-1-3-9(4-2-8)11(19)16-13-18-17-12(20-13)10-5-6-15-21-10/h1-6H,(H,16,18,19). The first-order valence-corrected chi connectivity index (χ1v) is 5.82. The number of carbonyl (C=O) groups excluding carboxylic acids is 1. The molecule has 0 aliphatic carbocycles. The zero-order valence-electron chi connectivity index (χ0n) is 10.5. The molecular formula is C13H7N5O3. The molecule has 0 aliphatic heterocycles. The molecule has 21 heavy (non-hydrogen) atoms. The van der Waals surface area contributed by atoms with Gasteiger partial charge in [0.15, 0.2) is 0 Å². The summed E-state index contributed by atoms with van der Waals surface area (Å²) < 4.78 is 10.1. The summed E-state index contributed by atoms with van der Waals surface area (Å²) in [4.78, 5) is 12.0. The molecule has 0 bridgehead atoms. The third-order valence-electron chi connectivity index (χ3n) is 2.57. The lowest BCUT2D eigenvalue weighted by Gasteiger charge is -1.99. The Bertz CT molecular complexity index is 799. The Morgan fingerprint density at radius 1 is 1.19 bits per heavy atom. The number of nitrogens with one attached hydrogen (secondary N) is 1. The molecule has 8 nitrogen and oxygen atoms in total. The van der Waals surface area contributed by atoms with Crippen molar-refractivity contribution in [2.24, 2.45) is 0 Å². The van der Waals surface area contributed by atoms with Crippen LogP contribution < -0.4 is 5.32 Å². The summed E-state index contributed by atoms with van der Waals surface area (Å²) in [5.41, 5.74) is 0.838. The third-order valence-corrected chi connectivity index (χ3v) is 2.57. The van der Waals surface area contributed by atoms with Crippen molar-refractivity contribution in [3.8, 4) is 17.7 Å². The molecule has 0 saturated carbocycles. The summed E-state index contributed by atoms with van der Waals surface area (Å²) in [7, 11) is 0. The van der Waals surface area contributed by atoms with Crippen molar-refractivity contribution in [2.45, 2.75) is 0 Å². The van der Waals surface area contributed by atoms with E-state index in [-0.39, 0.29) is 11.9 Å². The number of rotatable bonds is 3. The minimum Gasteiger partial charge on any atom is -0.400 e. The number of nitriles is 1. The average molecular weight is 281 g/mol.